The maximum absolute atomic E-state index is 12.4. The Morgan fingerprint density at radius 3 is 2.93 bits per heavy atom. The quantitative estimate of drug-likeness (QED) is 0.600. The highest BCUT2D eigenvalue weighted by molar-refractivity contribution is 5.85. The van der Waals surface area contributed by atoms with Crippen LogP contribution in [-0.4, -0.2) is 66.2 Å². The first kappa shape index (κ1) is 24.6. The minimum absolute atomic E-state index is 0. The SMILES string of the molecule is Cl.Cl.O=C(NCCC1CCNC1)C1CN(Cc2nc3ccccc3c(=O)[nH]2)CCO1. The summed E-state index contributed by atoms with van der Waals surface area (Å²) >= 11 is 0. The molecule has 1 aromatic carbocycles. The standard InChI is InChI=1S/C20H27N5O3.2ClH/c26-19-15-3-1-2-4-16(15)23-18(24-19)13-25-9-10-28-17(12-25)20(27)22-8-6-14-5-7-21-11-14;;/h1-4,14,17,21H,5-13H2,(H,22,27)(H,23,24,26);2*1H. The molecule has 8 nitrogen and oxygen atoms in total. The normalized spacial score (nSPS) is 21.6. The van der Waals surface area contributed by atoms with Gasteiger partial charge in [-0.15, -0.1) is 24.8 Å². The van der Waals surface area contributed by atoms with E-state index in [0.717, 1.165) is 19.5 Å². The number of amides is 1. The Kier molecular flexibility index (Phi) is 9.51. The van der Waals surface area contributed by atoms with Crippen LogP contribution >= 0.6 is 24.8 Å². The molecule has 1 amide bonds. The van der Waals surface area contributed by atoms with Crippen molar-refractivity contribution in [2.75, 3.05) is 39.3 Å². The average Bonchev–Trinajstić information content (AvgIpc) is 3.22. The number of halogens is 2. The van der Waals surface area contributed by atoms with Gasteiger partial charge in [0.15, 0.2) is 0 Å². The second kappa shape index (κ2) is 11.6. The van der Waals surface area contributed by atoms with Gasteiger partial charge in [0.25, 0.3) is 5.56 Å². The molecule has 1 aromatic heterocycles. The smallest absolute Gasteiger partial charge is 0.258 e. The third-order valence-corrected chi connectivity index (χ3v) is 5.49. The average molecular weight is 458 g/mol. The zero-order valence-electron chi connectivity index (χ0n) is 16.8. The molecule has 0 saturated carbocycles. The van der Waals surface area contributed by atoms with E-state index in [1.807, 2.05) is 18.2 Å². The maximum Gasteiger partial charge on any atom is 0.258 e. The predicted molar refractivity (Wildman–Crippen MR) is 120 cm³/mol. The molecule has 0 radical (unpaired) electrons. The predicted octanol–water partition coefficient (Wildman–Crippen LogP) is 1.08. The van der Waals surface area contributed by atoms with E-state index < -0.39 is 6.10 Å². The van der Waals surface area contributed by atoms with Crippen LogP contribution in [0.15, 0.2) is 29.1 Å². The third-order valence-electron chi connectivity index (χ3n) is 5.49. The Hall–Kier alpha value is -1.71. The number of rotatable bonds is 6. The molecular formula is C20H29Cl2N5O3. The lowest BCUT2D eigenvalue weighted by molar-refractivity contribution is -0.138. The van der Waals surface area contributed by atoms with Crippen LogP contribution in [0.4, 0.5) is 0 Å². The molecule has 2 aliphatic heterocycles. The molecule has 2 aromatic rings. The van der Waals surface area contributed by atoms with Crippen molar-refractivity contribution in [1.29, 1.82) is 0 Å². The summed E-state index contributed by atoms with van der Waals surface area (Å²) in [4.78, 5) is 34.2. The van der Waals surface area contributed by atoms with Crippen LogP contribution in [0.1, 0.15) is 18.7 Å². The minimum atomic E-state index is -0.484. The molecular weight excluding hydrogens is 429 g/mol. The number of carbonyl (C=O) groups excluding carboxylic acids is 1. The number of H-pyrrole nitrogens is 1. The summed E-state index contributed by atoms with van der Waals surface area (Å²) < 4.78 is 5.67. The van der Waals surface area contributed by atoms with Gasteiger partial charge in [0, 0.05) is 19.6 Å². The first-order valence-corrected chi connectivity index (χ1v) is 9.99. The van der Waals surface area contributed by atoms with Crippen LogP contribution in [0, 0.1) is 5.92 Å². The molecule has 30 heavy (non-hydrogen) atoms. The van der Waals surface area contributed by atoms with Crippen molar-refractivity contribution >= 4 is 41.6 Å². The van der Waals surface area contributed by atoms with Crippen LogP contribution < -0.4 is 16.2 Å². The Labute approximate surface area is 188 Å². The number of fused-ring (bicyclic) bond motifs is 1. The van der Waals surface area contributed by atoms with Gasteiger partial charge in [-0.3, -0.25) is 14.5 Å². The highest BCUT2D eigenvalue weighted by Crippen LogP contribution is 2.12. The second-order valence-electron chi connectivity index (χ2n) is 7.56. The highest BCUT2D eigenvalue weighted by atomic mass is 35.5. The summed E-state index contributed by atoms with van der Waals surface area (Å²) in [5.41, 5.74) is 0.551. The lowest BCUT2D eigenvalue weighted by atomic mass is 10.1. The number of nitrogens with one attached hydrogen (secondary N) is 3. The molecule has 4 rings (SSSR count). The Morgan fingerprint density at radius 1 is 1.30 bits per heavy atom. The molecule has 3 N–H and O–H groups in total. The molecule has 0 aliphatic carbocycles. The largest absolute Gasteiger partial charge is 0.366 e. The Morgan fingerprint density at radius 2 is 2.13 bits per heavy atom. The van der Waals surface area contributed by atoms with Gasteiger partial charge >= 0.3 is 0 Å². The van der Waals surface area contributed by atoms with E-state index in [1.165, 1.54) is 6.42 Å². The van der Waals surface area contributed by atoms with Crippen molar-refractivity contribution < 1.29 is 9.53 Å². The topological polar surface area (TPSA) is 99.4 Å². The van der Waals surface area contributed by atoms with Gasteiger partial charge in [-0.2, -0.15) is 0 Å². The van der Waals surface area contributed by atoms with Gasteiger partial charge in [-0.1, -0.05) is 12.1 Å². The maximum atomic E-state index is 12.4. The Balaban J connectivity index is 0.00000160. The summed E-state index contributed by atoms with van der Waals surface area (Å²) in [6.45, 7) is 4.97. The highest BCUT2D eigenvalue weighted by Gasteiger charge is 2.27. The summed E-state index contributed by atoms with van der Waals surface area (Å²) in [6, 6.07) is 7.30. The van der Waals surface area contributed by atoms with Crippen LogP contribution in [0.25, 0.3) is 10.9 Å². The second-order valence-corrected chi connectivity index (χ2v) is 7.56. The fourth-order valence-electron chi connectivity index (χ4n) is 3.90. The van der Waals surface area contributed by atoms with E-state index in [4.69, 9.17) is 4.74 Å². The fourth-order valence-corrected chi connectivity index (χ4v) is 3.90. The van der Waals surface area contributed by atoms with Crippen molar-refractivity contribution in [2.45, 2.75) is 25.5 Å². The molecule has 2 atom stereocenters. The summed E-state index contributed by atoms with van der Waals surface area (Å²) in [5, 5.41) is 6.93. The molecule has 2 saturated heterocycles. The van der Waals surface area contributed by atoms with Crippen molar-refractivity contribution in [1.82, 2.24) is 25.5 Å². The van der Waals surface area contributed by atoms with Gasteiger partial charge in [-0.05, 0) is 44.0 Å². The molecule has 2 fully saturated rings. The first-order chi connectivity index (χ1) is 13.7. The number of para-hydroxylation sites is 1. The monoisotopic (exact) mass is 457 g/mol. The Bertz CT molecular complexity index is 888. The molecule has 166 valence electrons. The van der Waals surface area contributed by atoms with Crippen molar-refractivity contribution in [3.8, 4) is 0 Å². The number of benzene rings is 1. The lowest BCUT2D eigenvalue weighted by Crippen LogP contribution is -2.49. The zero-order chi connectivity index (χ0) is 19.3. The summed E-state index contributed by atoms with van der Waals surface area (Å²) in [6.07, 6.45) is 1.69. The van der Waals surface area contributed by atoms with Gasteiger partial charge in [0.1, 0.15) is 11.9 Å². The minimum Gasteiger partial charge on any atom is -0.366 e. The van der Waals surface area contributed by atoms with Crippen LogP contribution in [0.2, 0.25) is 0 Å². The number of carbonyl (C=O) groups is 1. The number of ether oxygens (including phenoxy) is 1. The van der Waals surface area contributed by atoms with Crippen molar-refractivity contribution in [2.24, 2.45) is 5.92 Å². The van der Waals surface area contributed by atoms with E-state index in [1.54, 1.807) is 6.07 Å². The van der Waals surface area contributed by atoms with Crippen molar-refractivity contribution in [3.05, 3.63) is 40.4 Å². The molecule has 0 bridgehead atoms. The van der Waals surface area contributed by atoms with E-state index >= 15 is 0 Å². The number of hydrogen-bond donors (Lipinski definition) is 3. The lowest BCUT2D eigenvalue weighted by Gasteiger charge is -2.31. The van der Waals surface area contributed by atoms with Crippen LogP contribution in [0.3, 0.4) is 0 Å². The summed E-state index contributed by atoms with van der Waals surface area (Å²) in [7, 11) is 0. The number of aromatic nitrogens is 2. The zero-order valence-corrected chi connectivity index (χ0v) is 18.4. The summed E-state index contributed by atoms with van der Waals surface area (Å²) in [5.74, 6) is 1.20. The van der Waals surface area contributed by atoms with Crippen LogP contribution in [0.5, 0.6) is 0 Å². The fraction of sp³-hybridized carbons (Fsp3) is 0.550. The molecule has 2 aliphatic rings. The van der Waals surface area contributed by atoms with Gasteiger partial charge < -0.3 is 20.4 Å². The number of morpholine rings is 1. The van der Waals surface area contributed by atoms with Gasteiger partial charge in [0.2, 0.25) is 5.91 Å². The van der Waals surface area contributed by atoms with E-state index in [-0.39, 0.29) is 36.3 Å². The molecule has 0 spiro atoms. The van der Waals surface area contributed by atoms with Crippen LogP contribution in [-0.2, 0) is 16.1 Å². The van der Waals surface area contributed by atoms with Crippen molar-refractivity contribution in [3.63, 3.8) is 0 Å². The van der Waals surface area contributed by atoms with E-state index in [2.05, 4.69) is 25.5 Å². The van der Waals surface area contributed by atoms with Gasteiger partial charge in [-0.25, -0.2) is 4.98 Å². The van der Waals surface area contributed by atoms with Gasteiger partial charge in [0.05, 0.1) is 24.1 Å². The third kappa shape index (κ3) is 6.15. The first-order valence-electron chi connectivity index (χ1n) is 9.99. The molecule has 2 unspecified atom stereocenters. The number of nitrogens with zero attached hydrogens (tertiary/aromatic N) is 2. The van der Waals surface area contributed by atoms with E-state index in [0.29, 0.717) is 55.4 Å². The number of hydrogen-bond acceptors (Lipinski definition) is 6. The molecule has 3 heterocycles. The molecule has 10 heteroatoms. The number of aromatic amines is 1. The van der Waals surface area contributed by atoms with E-state index in [9.17, 15) is 9.59 Å².